The molecule has 0 amide bonds. The van der Waals surface area contributed by atoms with Gasteiger partial charge in [0.2, 0.25) is 0 Å². The van der Waals surface area contributed by atoms with Crippen molar-refractivity contribution in [1.29, 1.82) is 0 Å². The third kappa shape index (κ3) is 4.64. The average molecular weight is 232 g/mol. The maximum Gasteiger partial charge on any atom is 0.379 e. The van der Waals surface area contributed by atoms with E-state index in [1.807, 2.05) is 6.08 Å². The molecule has 0 heterocycles. The van der Waals surface area contributed by atoms with Crippen LogP contribution in [0.4, 0.5) is 0 Å². The van der Waals surface area contributed by atoms with Crippen molar-refractivity contribution >= 4 is 11.8 Å². The quantitative estimate of drug-likeness (QED) is 0.239. The molecule has 0 spiro atoms. The number of carbonyl (C=O) groups is 2. The van der Waals surface area contributed by atoms with Gasteiger partial charge in [-0.2, -0.15) is 0 Å². The number of Topliss-reactive ketones (excluding diaryl/α,β-unsaturated/α-hetero) is 1. The molecule has 3 nitrogen and oxygen atoms in total. The molecule has 0 aromatic heterocycles. The van der Waals surface area contributed by atoms with Crippen molar-refractivity contribution in [1.82, 2.24) is 0 Å². The molecule has 0 saturated heterocycles. The van der Waals surface area contributed by atoms with Crippen molar-refractivity contribution in [3.8, 4) is 0 Å². The van der Waals surface area contributed by atoms with E-state index in [0.717, 1.165) is 19.3 Å². The molecule has 3 heteroatoms. The molecule has 90 valence electrons. The minimum Gasteiger partial charge on any atom is -0.460 e. The van der Waals surface area contributed by atoms with Crippen molar-refractivity contribution in [2.75, 3.05) is 6.61 Å². The minimum absolute atomic E-state index is 0.283. The number of esters is 1. The number of ketones is 1. The van der Waals surface area contributed by atoms with Crippen molar-refractivity contribution < 1.29 is 14.3 Å². The summed E-state index contributed by atoms with van der Waals surface area (Å²) in [5.41, 5.74) is 0.364. The monoisotopic (exact) mass is 232 g/mol. The standard InChI is InChI=1S/C14H16O3/c1-2-3-4-8-11-17-14(16)13(15)12-9-6-5-7-10-12/h2,5-7,9-10H,1,3-4,8,11H2. The van der Waals surface area contributed by atoms with Gasteiger partial charge in [-0.15, -0.1) is 6.58 Å². The summed E-state index contributed by atoms with van der Waals surface area (Å²) in [6.07, 6.45) is 4.37. The summed E-state index contributed by atoms with van der Waals surface area (Å²) in [5, 5.41) is 0. The van der Waals surface area contributed by atoms with Crippen LogP contribution in [0, 0.1) is 0 Å². The first-order valence-corrected chi connectivity index (χ1v) is 5.63. The zero-order valence-electron chi connectivity index (χ0n) is 9.72. The first-order valence-electron chi connectivity index (χ1n) is 5.63. The highest BCUT2D eigenvalue weighted by atomic mass is 16.5. The average Bonchev–Trinajstić information content (AvgIpc) is 2.38. The van der Waals surface area contributed by atoms with E-state index in [1.165, 1.54) is 0 Å². The molecule has 1 aromatic rings. The second-order valence-corrected chi connectivity index (χ2v) is 3.62. The molecule has 0 fully saturated rings. The maximum absolute atomic E-state index is 11.6. The normalized spacial score (nSPS) is 9.65. The third-order valence-corrected chi connectivity index (χ3v) is 2.26. The van der Waals surface area contributed by atoms with E-state index in [4.69, 9.17) is 4.74 Å². The van der Waals surface area contributed by atoms with Gasteiger partial charge >= 0.3 is 5.97 Å². The maximum atomic E-state index is 11.6. The van der Waals surface area contributed by atoms with Gasteiger partial charge in [-0.25, -0.2) is 4.79 Å². The van der Waals surface area contributed by atoms with Crippen LogP contribution in [-0.4, -0.2) is 18.4 Å². The van der Waals surface area contributed by atoms with Crippen LogP contribution in [0.25, 0.3) is 0 Å². The molecule has 0 N–H and O–H groups in total. The van der Waals surface area contributed by atoms with E-state index in [9.17, 15) is 9.59 Å². The Balaban J connectivity index is 2.33. The highest BCUT2D eigenvalue weighted by Gasteiger charge is 2.16. The zero-order chi connectivity index (χ0) is 12.5. The molecule has 0 aliphatic rings. The van der Waals surface area contributed by atoms with Gasteiger partial charge < -0.3 is 4.74 Å². The molecule has 0 atom stereocenters. The van der Waals surface area contributed by atoms with Crippen LogP contribution in [-0.2, 0) is 9.53 Å². The van der Waals surface area contributed by atoms with Gasteiger partial charge in [0.1, 0.15) is 0 Å². The van der Waals surface area contributed by atoms with Crippen molar-refractivity contribution in [3.05, 3.63) is 48.6 Å². The second kappa shape index (κ2) is 7.39. The Labute approximate surface area is 101 Å². The number of carbonyl (C=O) groups excluding carboxylic acids is 2. The van der Waals surface area contributed by atoms with Gasteiger partial charge in [0, 0.05) is 5.56 Å². The largest absolute Gasteiger partial charge is 0.460 e. The van der Waals surface area contributed by atoms with Gasteiger partial charge in [0.15, 0.2) is 0 Å². The summed E-state index contributed by atoms with van der Waals surface area (Å²) in [6, 6.07) is 8.41. The summed E-state index contributed by atoms with van der Waals surface area (Å²) in [4.78, 5) is 23.0. The zero-order valence-corrected chi connectivity index (χ0v) is 9.72. The van der Waals surface area contributed by atoms with E-state index < -0.39 is 11.8 Å². The Kier molecular flexibility index (Phi) is 5.72. The fraction of sp³-hybridized carbons (Fsp3) is 0.286. The molecule has 0 saturated carbocycles. The van der Waals surface area contributed by atoms with Crippen molar-refractivity contribution in [3.63, 3.8) is 0 Å². The topological polar surface area (TPSA) is 43.4 Å². The number of hydrogen-bond donors (Lipinski definition) is 0. The Morgan fingerprint density at radius 3 is 2.53 bits per heavy atom. The summed E-state index contributed by atoms with van der Waals surface area (Å²) >= 11 is 0. The van der Waals surface area contributed by atoms with Crippen molar-refractivity contribution in [2.24, 2.45) is 0 Å². The van der Waals surface area contributed by atoms with Crippen LogP contribution in [0.15, 0.2) is 43.0 Å². The molecule has 0 aliphatic heterocycles. The van der Waals surface area contributed by atoms with Crippen LogP contribution in [0.1, 0.15) is 29.6 Å². The third-order valence-electron chi connectivity index (χ3n) is 2.26. The van der Waals surface area contributed by atoms with Crippen LogP contribution < -0.4 is 0 Å². The van der Waals surface area contributed by atoms with E-state index in [-0.39, 0.29) is 6.61 Å². The minimum atomic E-state index is -0.783. The van der Waals surface area contributed by atoms with Gasteiger partial charge in [-0.1, -0.05) is 36.4 Å². The number of hydrogen-bond acceptors (Lipinski definition) is 3. The highest BCUT2D eigenvalue weighted by molar-refractivity contribution is 6.40. The number of benzene rings is 1. The van der Waals surface area contributed by atoms with Crippen LogP contribution in [0.5, 0.6) is 0 Å². The lowest BCUT2D eigenvalue weighted by molar-refractivity contribution is -0.138. The number of allylic oxidation sites excluding steroid dienone is 1. The lowest BCUT2D eigenvalue weighted by atomic mass is 10.1. The summed E-state index contributed by atoms with van der Waals surface area (Å²) in [7, 11) is 0. The summed E-state index contributed by atoms with van der Waals surface area (Å²) < 4.78 is 4.88. The molecule has 17 heavy (non-hydrogen) atoms. The molecule has 0 radical (unpaired) electrons. The second-order valence-electron chi connectivity index (χ2n) is 3.62. The number of ether oxygens (including phenoxy) is 1. The predicted molar refractivity (Wildman–Crippen MR) is 65.8 cm³/mol. The smallest absolute Gasteiger partial charge is 0.379 e. The fourth-order valence-electron chi connectivity index (χ4n) is 1.33. The lowest BCUT2D eigenvalue weighted by Crippen LogP contribution is -2.18. The molecule has 0 unspecified atom stereocenters. The Morgan fingerprint density at radius 1 is 1.18 bits per heavy atom. The molecule has 0 aliphatic carbocycles. The first-order chi connectivity index (χ1) is 8.25. The van der Waals surface area contributed by atoms with Gasteiger partial charge in [-0.05, 0) is 19.3 Å². The summed E-state index contributed by atoms with van der Waals surface area (Å²) in [6.45, 7) is 3.88. The van der Waals surface area contributed by atoms with Crippen LogP contribution in [0.3, 0.4) is 0 Å². The number of unbranched alkanes of at least 4 members (excludes halogenated alkanes) is 2. The van der Waals surface area contributed by atoms with Gasteiger partial charge in [-0.3, -0.25) is 4.79 Å². The Bertz CT molecular complexity index is 382. The van der Waals surface area contributed by atoms with E-state index in [2.05, 4.69) is 6.58 Å². The molecular weight excluding hydrogens is 216 g/mol. The lowest BCUT2D eigenvalue weighted by Gasteiger charge is -2.03. The Hall–Kier alpha value is -1.90. The summed E-state index contributed by atoms with van der Waals surface area (Å²) in [5.74, 6) is -1.37. The van der Waals surface area contributed by atoms with Crippen LogP contribution in [0.2, 0.25) is 0 Å². The molecular formula is C14H16O3. The van der Waals surface area contributed by atoms with Gasteiger partial charge in [0.25, 0.3) is 5.78 Å². The first kappa shape index (κ1) is 13.2. The SMILES string of the molecule is C=CCCCCOC(=O)C(=O)c1ccccc1. The van der Waals surface area contributed by atoms with E-state index in [1.54, 1.807) is 30.3 Å². The molecule has 0 bridgehead atoms. The van der Waals surface area contributed by atoms with Crippen molar-refractivity contribution in [2.45, 2.75) is 19.3 Å². The fourth-order valence-corrected chi connectivity index (χ4v) is 1.33. The van der Waals surface area contributed by atoms with Gasteiger partial charge in [0.05, 0.1) is 6.61 Å². The van der Waals surface area contributed by atoms with E-state index in [0.29, 0.717) is 5.56 Å². The molecule has 1 rings (SSSR count). The predicted octanol–water partition coefficient (Wildman–Crippen LogP) is 2.77. The Morgan fingerprint density at radius 2 is 1.88 bits per heavy atom. The van der Waals surface area contributed by atoms with E-state index >= 15 is 0 Å². The molecule has 1 aromatic carbocycles. The highest BCUT2D eigenvalue weighted by Crippen LogP contribution is 2.02. The number of rotatable bonds is 7. The van der Waals surface area contributed by atoms with Crippen LogP contribution >= 0.6 is 0 Å².